The molecule has 0 aromatic heterocycles. The number of rotatable bonds is 2. The van der Waals surface area contributed by atoms with Crippen LogP contribution in [0.3, 0.4) is 0 Å². The number of benzene rings is 3. The van der Waals surface area contributed by atoms with Gasteiger partial charge in [-0.2, -0.15) is 0 Å². The van der Waals surface area contributed by atoms with Crippen molar-refractivity contribution >= 4 is 10.8 Å². The maximum atomic E-state index is 5.86. The van der Waals surface area contributed by atoms with E-state index < -0.39 is 0 Å². The summed E-state index contributed by atoms with van der Waals surface area (Å²) in [5.41, 5.74) is 10.9. The summed E-state index contributed by atoms with van der Waals surface area (Å²) < 4.78 is 0. The second kappa shape index (κ2) is 4.87. The van der Waals surface area contributed by atoms with Crippen molar-refractivity contribution in [3.63, 3.8) is 0 Å². The van der Waals surface area contributed by atoms with Crippen LogP contribution < -0.4 is 5.73 Å². The molecule has 0 aliphatic heterocycles. The van der Waals surface area contributed by atoms with E-state index in [2.05, 4.69) is 61.5 Å². The number of hydrogen-bond acceptors (Lipinski definition) is 1. The van der Waals surface area contributed by atoms with Crippen LogP contribution in [0.1, 0.15) is 11.1 Å². The van der Waals surface area contributed by atoms with Crippen molar-refractivity contribution in [2.45, 2.75) is 13.5 Å². The van der Waals surface area contributed by atoms with E-state index in [0.717, 1.165) is 0 Å². The molecule has 3 rings (SSSR count). The minimum atomic E-state index is 0.568. The van der Waals surface area contributed by atoms with Gasteiger partial charge in [-0.1, -0.05) is 60.7 Å². The fourth-order valence-corrected chi connectivity index (χ4v) is 2.65. The van der Waals surface area contributed by atoms with Gasteiger partial charge in [-0.05, 0) is 39.9 Å². The molecule has 3 aromatic carbocycles. The SMILES string of the molecule is Cc1ccc(-c2ccccc2CN)c2ccccc12. The first kappa shape index (κ1) is 11.9. The lowest BCUT2D eigenvalue weighted by Crippen LogP contribution is -1.99. The van der Waals surface area contributed by atoms with Gasteiger partial charge in [-0.25, -0.2) is 0 Å². The highest BCUT2D eigenvalue weighted by Crippen LogP contribution is 2.32. The summed E-state index contributed by atoms with van der Waals surface area (Å²) in [7, 11) is 0. The molecule has 0 saturated carbocycles. The lowest BCUT2D eigenvalue weighted by Gasteiger charge is -2.12. The average molecular weight is 247 g/mol. The van der Waals surface area contributed by atoms with Crippen molar-refractivity contribution in [1.29, 1.82) is 0 Å². The standard InChI is InChI=1S/C18H17N/c1-13-10-11-18(17-9-5-4-7-15(13)17)16-8-3-2-6-14(16)12-19/h2-11H,12,19H2,1H3. The normalized spacial score (nSPS) is 10.8. The van der Waals surface area contributed by atoms with Crippen molar-refractivity contribution in [1.82, 2.24) is 0 Å². The van der Waals surface area contributed by atoms with Gasteiger partial charge in [0.1, 0.15) is 0 Å². The van der Waals surface area contributed by atoms with E-state index in [4.69, 9.17) is 5.73 Å². The van der Waals surface area contributed by atoms with Gasteiger partial charge in [-0.15, -0.1) is 0 Å². The van der Waals surface area contributed by atoms with Gasteiger partial charge in [-0.3, -0.25) is 0 Å². The van der Waals surface area contributed by atoms with Crippen LogP contribution >= 0.6 is 0 Å². The fourth-order valence-electron chi connectivity index (χ4n) is 2.65. The molecule has 0 aliphatic carbocycles. The van der Waals surface area contributed by atoms with Crippen molar-refractivity contribution in [3.8, 4) is 11.1 Å². The Morgan fingerprint density at radius 1 is 0.737 bits per heavy atom. The second-order valence-corrected chi connectivity index (χ2v) is 4.84. The molecule has 0 saturated heterocycles. The van der Waals surface area contributed by atoms with Crippen LogP contribution in [0.25, 0.3) is 21.9 Å². The first-order chi connectivity index (χ1) is 9.31. The van der Waals surface area contributed by atoms with Crippen molar-refractivity contribution < 1.29 is 0 Å². The number of hydrogen-bond donors (Lipinski definition) is 1. The van der Waals surface area contributed by atoms with E-state index in [1.165, 1.54) is 33.0 Å². The van der Waals surface area contributed by atoms with Crippen LogP contribution in [-0.4, -0.2) is 0 Å². The Bertz CT molecular complexity index is 729. The van der Waals surface area contributed by atoms with Gasteiger partial charge in [0.15, 0.2) is 0 Å². The summed E-state index contributed by atoms with van der Waals surface area (Å²) in [5.74, 6) is 0. The largest absolute Gasteiger partial charge is 0.326 e. The molecule has 0 bridgehead atoms. The molecule has 94 valence electrons. The molecule has 0 unspecified atom stereocenters. The van der Waals surface area contributed by atoms with Gasteiger partial charge < -0.3 is 5.73 Å². The molecule has 3 aromatic rings. The van der Waals surface area contributed by atoms with Crippen molar-refractivity contribution in [3.05, 3.63) is 71.8 Å². The smallest absolute Gasteiger partial charge is 0.0184 e. The topological polar surface area (TPSA) is 26.0 Å². The number of aryl methyl sites for hydroxylation is 1. The summed E-state index contributed by atoms with van der Waals surface area (Å²) in [6.45, 7) is 2.72. The van der Waals surface area contributed by atoms with Gasteiger partial charge in [0.2, 0.25) is 0 Å². The van der Waals surface area contributed by atoms with Gasteiger partial charge in [0, 0.05) is 6.54 Å². The third kappa shape index (κ3) is 2.02. The third-order valence-electron chi connectivity index (χ3n) is 3.67. The van der Waals surface area contributed by atoms with Crippen LogP contribution in [0, 0.1) is 6.92 Å². The highest BCUT2D eigenvalue weighted by atomic mass is 14.5. The zero-order valence-electron chi connectivity index (χ0n) is 11.1. The highest BCUT2D eigenvalue weighted by molar-refractivity contribution is 5.99. The summed E-state index contributed by atoms with van der Waals surface area (Å²) in [4.78, 5) is 0. The van der Waals surface area contributed by atoms with Crippen LogP contribution in [0.15, 0.2) is 60.7 Å². The first-order valence-electron chi connectivity index (χ1n) is 6.58. The quantitative estimate of drug-likeness (QED) is 0.719. The van der Waals surface area contributed by atoms with E-state index in [0.29, 0.717) is 6.54 Å². The lowest BCUT2D eigenvalue weighted by atomic mass is 9.93. The van der Waals surface area contributed by atoms with E-state index in [1.54, 1.807) is 0 Å². The van der Waals surface area contributed by atoms with E-state index in [9.17, 15) is 0 Å². The average Bonchev–Trinajstić information content (AvgIpc) is 2.48. The molecule has 1 nitrogen and oxygen atoms in total. The Kier molecular flexibility index (Phi) is 3.06. The van der Waals surface area contributed by atoms with E-state index >= 15 is 0 Å². The monoisotopic (exact) mass is 247 g/mol. The number of fused-ring (bicyclic) bond motifs is 1. The van der Waals surface area contributed by atoms with E-state index in [-0.39, 0.29) is 0 Å². The molecule has 0 atom stereocenters. The molecule has 0 amide bonds. The second-order valence-electron chi connectivity index (χ2n) is 4.84. The van der Waals surface area contributed by atoms with Gasteiger partial charge >= 0.3 is 0 Å². The molecule has 0 heterocycles. The first-order valence-corrected chi connectivity index (χ1v) is 6.58. The summed E-state index contributed by atoms with van der Waals surface area (Å²) >= 11 is 0. The Balaban J connectivity index is 2.34. The molecule has 2 N–H and O–H groups in total. The molecule has 0 radical (unpaired) electrons. The Labute approximate surface area is 113 Å². The van der Waals surface area contributed by atoms with Crippen molar-refractivity contribution in [2.75, 3.05) is 0 Å². The third-order valence-corrected chi connectivity index (χ3v) is 3.67. The zero-order chi connectivity index (χ0) is 13.2. The fraction of sp³-hybridized carbons (Fsp3) is 0.111. The molecular weight excluding hydrogens is 230 g/mol. The van der Waals surface area contributed by atoms with Crippen LogP contribution in [-0.2, 0) is 6.54 Å². The molecule has 19 heavy (non-hydrogen) atoms. The molecule has 1 heteroatoms. The summed E-state index contributed by atoms with van der Waals surface area (Å²) in [5, 5.41) is 2.61. The molecule has 0 spiro atoms. The van der Waals surface area contributed by atoms with Gasteiger partial charge in [0.05, 0.1) is 0 Å². The zero-order valence-corrected chi connectivity index (χ0v) is 11.1. The predicted molar refractivity (Wildman–Crippen MR) is 82.0 cm³/mol. The Morgan fingerprint density at radius 3 is 2.21 bits per heavy atom. The summed E-state index contributed by atoms with van der Waals surface area (Å²) in [6, 6.07) is 21.3. The lowest BCUT2D eigenvalue weighted by molar-refractivity contribution is 1.07. The molecule has 0 fully saturated rings. The minimum Gasteiger partial charge on any atom is -0.326 e. The van der Waals surface area contributed by atoms with Crippen LogP contribution in [0.2, 0.25) is 0 Å². The van der Waals surface area contributed by atoms with Gasteiger partial charge in [0.25, 0.3) is 0 Å². The Hall–Kier alpha value is -2.12. The predicted octanol–water partition coefficient (Wildman–Crippen LogP) is 4.27. The number of nitrogens with two attached hydrogens (primary N) is 1. The van der Waals surface area contributed by atoms with Crippen molar-refractivity contribution in [2.24, 2.45) is 5.73 Å². The van der Waals surface area contributed by atoms with E-state index in [1.807, 2.05) is 6.07 Å². The van der Waals surface area contributed by atoms with Crippen LogP contribution in [0.5, 0.6) is 0 Å². The minimum absolute atomic E-state index is 0.568. The Morgan fingerprint density at radius 2 is 1.42 bits per heavy atom. The summed E-state index contributed by atoms with van der Waals surface area (Å²) in [6.07, 6.45) is 0. The maximum Gasteiger partial charge on any atom is 0.0184 e. The highest BCUT2D eigenvalue weighted by Gasteiger charge is 2.08. The maximum absolute atomic E-state index is 5.86. The molecular formula is C18H17N. The van der Waals surface area contributed by atoms with Crippen LogP contribution in [0.4, 0.5) is 0 Å². The molecule has 0 aliphatic rings.